The zero-order valence-electron chi connectivity index (χ0n) is 19.5. The summed E-state index contributed by atoms with van der Waals surface area (Å²) in [4.78, 5) is 3.93. The van der Waals surface area contributed by atoms with E-state index >= 15 is 0 Å². The fraction of sp³-hybridized carbons (Fsp3) is 0.538. The van der Waals surface area contributed by atoms with Gasteiger partial charge in [-0.3, -0.25) is 0 Å². The van der Waals surface area contributed by atoms with Crippen molar-refractivity contribution in [1.29, 1.82) is 0 Å². The number of nitrogens with zero attached hydrogens (tertiary/aromatic N) is 6. The van der Waals surface area contributed by atoms with Gasteiger partial charge in [-0.2, -0.15) is 30.0 Å². The fourth-order valence-electron chi connectivity index (χ4n) is 4.53. The predicted molar refractivity (Wildman–Crippen MR) is 131 cm³/mol. The maximum absolute atomic E-state index is 4.89. The van der Waals surface area contributed by atoms with Crippen LogP contribution in [0.15, 0.2) is 48.5 Å². The Morgan fingerprint density at radius 1 is 0.531 bits per heavy atom. The van der Waals surface area contributed by atoms with Crippen LogP contribution < -0.4 is 0 Å². The quantitative estimate of drug-likeness (QED) is 0.216. The minimum atomic E-state index is 0.141. The van der Waals surface area contributed by atoms with Gasteiger partial charge < -0.3 is 0 Å². The van der Waals surface area contributed by atoms with Gasteiger partial charge in [0.05, 0.1) is 12.1 Å². The molecule has 32 heavy (non-hydrogen) atoms. The third-order valence-corrected chi connectivity index (χ3v) is 6.35. The van der Waals surface area contributed by atoms with Gasteiger partial charge in [0.15, 0.2) is 0 Å². The number of unbranched alkanes of at least 4 members (excludes halogenated alkanes) is 6. The van der Waals surface area contributed by atoms with E-state index in [-0.39, 0.29) is 12.1 Å². The molecule has 0 spiro atoms. The minimum absolute atomic E-state index is 0.141. The van der Waals surface area contributed by atoms with E-state index in [2.05, 4.69) is 13.8 Å². The van der Waals surface area contributed by atoms with Crippen molar-refractivity contribution in [3.05, 3.63) is 48.5 Å². The molecule has 0 aliphatic heterocycles. The van der Waals surface area contributed by atoms with E-state index in [4.69, 9.17) is 20.4 Å². The minimum Gasteiger partial charge on any atom is -0.178 e. The molecule has 2 unspecified atom stereocenters. The van der Waals surface area contributed by atoms with Crippen molar-refractivity contribution in [2.45, 2.75) is 90.1 Å². The Kier molecular flexibility index (Phi) is 7.86. The van der Waals surface area contributed by atoms with E-state index in [1.807, 2.05) is 58.1 Å². The van der Waals surface area contributed by atoms with Crippen LogP contribution in [0.5, 0.6) is 0 Å². The van der Waals surface area contributed by atoms with Crippen LogP contribution in [-0.4, -0.2) is 30.0 Å². The average molecular weight is 433 g/mol. The second kappa shape index (κ2) is 11.2. The van der Waals surface area contributed by atoms with Gasteiger partial charge in [0.1, 0.15) is 22.1 Å². The van der Waals surface area contributed by atoms with Gasteiger partial charge in [-0.1, -0.05) is 89.5 Å². The summed E-state index contributed by atoms with van der Waals surface area (Å²) in [6.45, 7) is 4.52. The summed E-state index contributed by atoms with van der Waals surface area (Å²) in [5.41, 5.74) is 3.81. The van der Waals surface area contributed by atoms with E-state index in [1.165, 1.54) is 51.4 Å². The lowest BCUT2D eigenvalue weighted by atomic mass is 9.96. The van der Waals surface area contributed by atoms with Crippen LogP contribution >= 0.6 is 0 Å². The number of hydrogen-bond donors (Lipinski definition) is 0. The second-order valence-electron chi connectivity index (χ2n) is 8.85. The lowest BCUT2D eigenvalue weighted by Crippen LogP contribution is -2.27. The molecule has 0 N–H and O–H groups in total. The molecule has 0 fully saturated rings. The molecule has 2 aromatic carbocycles. The van der Waals surface area contributed by atoms with Gasteiger partial charge in [-0.15, -0.1) is 0 Å². The van der Waals surface area contributed by atoms with Crippen LogP contribution in [0.25, 0.3) is 22.1 Å². The smallest absolute Gasteiger partial charge is 0.113 e. The maximum atomic E-state index is 4.89. The van der Waals surface area contributed by atoms with E-state index in [0.29, 0.717) is 0 Å². The Hall–Kier alpha value is -2.76. The molecular formula is C26H36N6. The Labute approximate surface area is 191 Å². The number of aromatic nitrogens is 6. The topological polar surface area (TPSA) is 61.4 Å². The van der Waals surface area contributed by atoms with Crippen molar-refractivity contribution in [2.24, 2.45) is 0 Å². The molecule has 0 bridgehead atoms. The third-order valence-electron chi connectivity index (χ3n) is 6.35. The number of hydrogen-bond acceptors (Lipinski definition) is 4. The van der Waals surface area contributed by atoms with Crippen molar-refractivity contribution in [1.82, 2.24) is 30.0 Å². The molecule has 4 aromatic rings. The average Bonchev–Trinajstić information content (AvgIpc) is 3.44. The first-order valence-corrected chi connectivity index (χ1v) is 12.4. The molecule has 170 valence electrons. The Bertz CT molecular complexity index is 944. The summed E-state index contributed by atoms with van der Waals surface area (Å²) in [5, 5.41) is 19.6. The van der Waals surface area contributed by atoms with Crippen LogP contribution in [0.3, 0.4) is 0 Å². The molecule has 0 amide bonds. The molecule has 0 radical (unpaired) electrons. The molecule has 0 aliphatic rings. The number of rotatable bonds is 13. The highest BCUT2D eigenvalue weighted by molar-refractivity contribution is 5.73. The van der Waals surface area contributed by atoms with E-state index in [9.17, 15) is 0 Å². The zero-order valence-corrected chi connectivity index (χ0v) is 19.5. The van der Waals surface area contributed by atoms with Crippen LogP contribution in [0.4, 0.5) is 0 Å². The summed E-state index contributed by atoms with van der Waals surface area (Å²) >= 11 is 0. The highest BCUT2D eigenvalue weighted by Crippen LogP contribution is 2.33. The molecule has 2 atom stereocenters. The van der Waals surface area contributed by atoms with Crippen molar-refractivity contribution >= 4 is 22.1 Å². The normalized spacial score (nSPS) is 13.7. The van der Waals surface area contributed by atoms with Gasteiger partial charge in [0.2, 0.25) is 0 Å². The third kappa shape index (κ3) is 5.34. The Morgan fingerprint density at radius 3 is 1.19 bits per heavy atom. The summed E-state index contributed by atoms with van der Waals surface area (Å²) in [5.74, 6) is 0. The SMILES string of the molecule is CCCCCCC(C(CCCCCC)n1nc2ccccc2n1)n1nc2ccccc2n1. The first kappa shape index (κ1) is 22.4. The Balaban J connectivity index is 1.68. The monoisotopic (exact) mass is 432 g/mol. The number of fused-ring (bicyclic) bond motifs is 2. The van der Waals surface area contributed by atoms with Crippen molar-refractivity contribution in [3.63, 3.8) is 0 Å². The summed E-state index contributed by atoms with van der Waals surface area (Å²) in [6.07, 6.45) is 11.9. The van der Waals surface area contributed by atoms with Crippen molar-refractivity contribution in [2.75, 3.05) is 0 Å². The molecule has 6 nitrogen and oxygen atoms in total. The van der Waals surface area contributed by atoms with Gasteiger partial charge in [-0.25, -0.2) is 0 Å². The van der Waals surface area contributed by atoms with Crippen LogP contribution in [0.1, 0.15) is 90.1 Å². The molecule has 0 saturated heterocycles. The first-order valence-electron chi connectivity index (χ1n) is 12.4. The van der Waals surface area contributed by atoms with Gasteiger partial charge in [0.25, 0.3) is 0 Å². The summed E-state index contributed by atoms with van der Waals surface area (Å²) in [7, 11) is 0. The predicted octanol–water partition coefficient (Wildman–Crippen LogP) is 6.90. The highest BCUT2D eigenvalue weighted by atomic mass is 15.5. The zero-order chi connectivity index (χ0) is 22.2. The van der Waals surface area contributed by atoms with E-state index in [0.717, 1.165) is 34.9 Å². The molecule has 0 saturated carbocycles. The van der Waals surface area contributed by atoms with Gasteiger partial charge in [-0.05, 0) is 37.1 Å². The Morgan fingerprint density at radius 2 is 0.875 bits per heavy atom. The molecular weight excluding hydrogens is 396 g/mol. The van der Waals surface area contributed by atoms with Gasteiger partial charge >= 0.3 is 0 Å². The van der Waals surface area contributed by atoms with E-state index < -0.39 is 0 Å². The second-order valence-corrected chi connectivity index (χ2v) is 8.85. The molecule has 0 aliphatic carbocycles. The van der Waals surface area contributed by atoms with Crippen LogP contribution in [0.2, 0.25) is 0 Å². The van der Waals surface area contributed by atoms with Crippen molar-refractivity contribution in [3.8, 4) is 0 Å². The summed E-state index contributed by atoms with van der Waals surface area (Å²) in [6, 6.07) is 16.6. The lowest BCUT2D eigenvalue weighted by molar-refractivity contribution is 0.212. The fourth-order valence-corrected chi connectivity index (χ4v) is 4.53. The van der Waals surface area contributed by atoms with Gasteiger partial charge in [0, 0.05) is 0 Å². The van der Waals surface area contributed by atoms with E-state index in [1.54, 1.807) is 0 Å². The standard InChI is InChI=1S/C26H36N6/c1-3-5-7-9-19-25(31-27-21-15-11-12-16-22(21)28-31)26(20-10-8-6-4-2)32-29-23-17-13-14-18-24(23)30-32/h11-18,25-26H,3-10,19-20H2,1-2H3. The lowest BCUT2D eigenvalue weighted by Gasteiger charge is -2.26. The van der Waals surface area contributed by atoms with Crippen LogP contribution in [-0.2, 0) is 0 Å². The highest BCUT2D eigenvalue weighted by Gasteiger charge is 2.28. The van der Waals surface area contributed by atoms with Crippen molar-refractivity contribution < 1.29 is 0 Å². The summed E-state index contributed by atoms with van der Waals surface area (Å²) < 4.78 is 0. The first-order chi connectivity index (χ1) is 15.8. The number of benzene rings is 2. The molecule has 4 rings (SSSR count). The molecule has 2 heterocycles. The molecule has 2 aromatic heterocycles. The maximum Gasteiger partial charge on any atom is 0.113 e. The molecule has 6 heteroatoms. The van der Waals surface area contributed by atoms with Crippen LogP contribution in [0, 0.1) is 0 Å². The largest absolute Gasteiger partial charge is 0.178 e.